The van der Waals surface area contributed by atoms with Gasteiger partial charge in [0.05, 0.1) is 65.3 Å². The van der Waals surface area contributed by atoms with Crippen molar-refractivity contribution in [2.45, 2.75) is 93.8 Å². The van der Waals surface area contributed by atoms with Crippen LogP contribution in [0.2, 0.25) is 10.0 Å². The number of carbonyl (C=O) groups is 3. The maximum absolute atomic E-state index is 13.9. The van der Waals surface area contributed by atoms with E-state index in [1.165, 1.54) is 48.5 Å². The number of aliphatic hydroxyl groups is 2. The molecule has 86 heavy (non-hydrogen) atoms. The summed E-state index contributed by atoms with van der Waals surface area (Å²) in [7, 11) is 0. The third-order valence-corrected chi connectivity index (χ3v) is 13.1. The van der Waals surface area contributed by atoms with Crippen molar-refractivity contribution in [2.24, 2.45) is 0 Å². The highest BCUT2D eigenvalue weighted by Gasteiger charge is 2.44. The molecule has 4 amide bonds. The highest BCUT2D eigenvalue weighted by atomic mass is 35.5. The van der Waals surface area contributed by atoms with Crippen LogP contribution in [0.1, 0.15) is 61.9 Å². The van der Waals surface area contributed by atoms with Crippen LogP contribution in [-0.2, 0) is 32.0 Å². The van der Waals surface area contributed by atoms with Gasteiger partial charge in [-0.1, -0.05) is 35.3 Å². The van der Waals surface area contributed by atoms with Gasteiger partial charge in [-0.15, -0.1) is 15.3 Å². The van der Waals surface area contributed by atoms with Crippen LogP contribution < -0.4 is 21.6 Å². The van der Waals surface area contributed by atoms with Gasteiger partial charge in [-0.2, -0.15) is 52.7 Å². The molecule has 0 aliphatic heterocycles. The Kier molecular flexibility index (Phi) is 18.3. The van der Waals surface area contributed by atoms with Gasteiger partial charge in [0.1, 0.15) is 37.4 Å². The minimum atomic E-state index is -5.13. The van der Waals surface area contributed by atoms with E-state index in [2.05, 4.69) is 41.2 Å². The average molecular weight is 1270 g/mol. The molecule has 2 aliphatic carbocycles. The van der Waals surface area contributed by atoms with Gasteiger partial charge < -0.3 is 26.2 Å². The lowest BCUT2D eigenvalue weighted by molar-refractivity contribution is -0.207. The first kappa shape index (κ1) is 63.5. The number of benzene rings is 4. The second-order valence-corrected chi connectivity index (χ2v) is 19.8. The molecule has 6 N–H and O–H groups in total. The predicted octanol–water partition coefficient (Wildman–Crippen LogP) is 8.02. The number of amides is 4. The van der Waals surface area contributed by atoms with Crippen LogP contribution in [0, 0.1) is 5.41 Å². The van der Waals surface area contributed by atoms with Crippen molar-refractivity contribution in [3.63, 3.8) is 0 Å². The number of aliphatic hydroxyl groups excluding tert-OH is 2. The third-order valence-electron chi connectivity index (χ3n) is 12.6. The number of urea groups is 1. The molecule has 2 saturated carbocycles. The van der Waals surface area contributed by atoms with E-state index < -0.39 is 151 Å². The van der Waals surface area contributed by atoms with Gasteiger partial charge in [0, 0.05) is 34.0 Å². The smallest absolute Gasteiger partial charge is 0.382 e. The summed E-state index contributed by atoms with van der Waals surface area (Å²) in [4.78, 5) is 59.4. The first-order chi connectivity index (χ1) is 40.2. The Morgan fingerprint density at radius 1 is 0.663 bits per heavy atom. The number of nitrogens with zero attached hydrogens (tertiary/aromatic N) is 10. The van der Waals surface area contributed by atoms with E-state index >= 15 is 0 Å². The van der Waals surface area contributed by atoms with E-state index in [4.69, 9.17) is 28.6 Å². The van der Waals surface area contributed by atoms with Crippen LogP contribution >= 0.6 is 23.2 Å². The molecule has 2 fully saturated rings. The van der Waals surface area contributed by atoms with Crippen molar-refractivity contribution in [1.82, 2.24) is 64.7 Å². The van der Waals surface area contributed by atoms with Crippen LogP contribution in [0.5, 0.6) is 0 Å². The molecule has 4 aromatic carbocycles. The zero-order chi connectivity index (χ0) is 63.0. The summed E-state index contributed by atoms with van der Waals surface area (Å²) < 4.78 is 191. The average Bonchev–Trinajstić information content (AvgIpc) is 1.80. The summed E-state index contributed by atoms with van der Waals surface area (Å²) in [6.07, 6.45) is -26.9. The Hall–Kier alpha value is -8.50. The maximum atomic E-state index is 13.9. The van der Waals surface area contributed by atoms with Gasteiger partial charge in [0.25, 0.3) is 11.8 Å². The lowest BCUT2D eigenvalue weighted by Gasteiger charge is -2.27. The van der Waals surface area contributed by atoms with Gasteiger partial charge in [-0.3, -0.25) is 24.5 Å². The molecule has 0 saturated heterocycles. The molecular formula is C50H40Cl2F14N14O6. The molecule has 2 aliphatic rings. The zero-order valence-corrected chi connectivity index (χ0v) is 44.5. The topological polar surface area (TPSA) is 256 Å². The van der Waals surface area contributed by atoms with Gasteiger partial charge in [-0.25, -0.2) is 42.4 Å². The maximum Gasteiger partial charge on any atom is 0.418 e. The Labute approximate surface area is 482 Å². The van der Waals surface area contributed by atoms with Crippen molar-refractivity contribution >= 4 is 46.9 Å². The molecule has 3 heterocycles. The minimum absolute atomic E-state index is 0.0136. The van der Waals surface area contributed by atoms with Crippen LogP contribution in [0.4, 0.5) is 66.3 Å². The van der Waals surface area contributed by atoms with E-state index in [1.807, 2.05) is 0 Å². The van der Waals surface area contributed by atoms with Crippen molar-refractivity contribution < 1.29 is 86.1 Å². The van der Waals surface area contributed by atoms with Crippen LogP contribution in [0.15, 0.2) is 102 Å². The van der Waals surface area contributed by atoms with Crippen LogP contribution in [0.25, 0.3) is 22.8 Å². The molecule has 0 spiro atoms. The van der Waals surface area contributed by atoms with E-state index in [0.717, 1.165) is 36.9 Å². The molecule has 36 heteroatoms. The summed E-state index contributed by atoms with van der Waals surface area (Å²) in [6, 6.07) is 13.3. The minimum Gasteiger partial charge on any atom is -0.382 e. The second kappa shape index (κ2) is 24.8. The molecule has 7 aromatic rings. The first-order valence-corrected chi connectivity index (χ1v) is 25.4. The summed E-state index contributed by atoms with van der Waals surface area (Å²) in [5.41, 5.74) is -5.87. The second-order valence-electron chi connectivity index (χ2n) is 18.9. The molecule has 0 radical (unpaired) electrons. The quantitative estimate of drug-likeness (QED) is 0.0307. The molecule has 3 aromatic heterocycles. The van der Waals surface area contributed by atoms with E-state index in [-0.39, 0.29) is 51.5 Å². The molecule has 20 nitrogen and oxygen atoms in total. The normalized spacial score (nSPS) is 17.4. The lowest BCUT2D eigenvalue weighted by atomic mass is 10.1. The summed E-state index contributed by atoms with van der Waals surface area (Å²) >= 11 is 11.7. The standard InChI is InChI=1S/C25H19ClF7N7O3.C25H21ClF7N7O3/c26-13-6-4-12(5-7-13)21-37-39(23(43)38(21)9-18(41)25(31,32)33)10-19-34-11-40(36-19)20-14(22(42)35-17-8-16(17)27)2-1-3-15(20)24(28,29)30;26-13-6-4-12(5-7-13)21(34)39(10-18(41)25(31,32)33)23(43)35-9-19-36-11-40(38-19)20-14(22(42)37-17-8-16(17)27)2-1-3-15(20)24(28,29)30/h1-7,11,16-18,41H,8-10H2,(H,35,42);1-7,11,16-18,34,41H,8-10H2,(H,35,43)(H,37,42)/t16-,17-,18-;16-,17-,18+/m01/s1. The molecule has 458 valence electrons. The summed E-state index contributed by atoms with van der Waals surface area (Å²) in [5.74, 6) is -3.57. The largest absolute Gasteiger partial charge is 0.418 e. The van der Waals surface area contributed by atoms with Crippen molar-refractivity contribution in [3.05, 3.63) is 158 Å². The number of aromatic nitrogens is 9. The number of hydrogen-bond acceptors (Lipinski definition) is 12. The van der Waals surface area contributed by atoms with Gasteiger partial charge in [0.2, 0.25) is 0 Å². The Morgan fingerprint density at radius 2 is 1.12 bits per heavy atom. The summed E-state index contributed by atoms with van der Waals surface area (Å²) in [5, 5.41) is 46.6. The highest BCUT2D eigenvalue weighted by Crippen LogP contribution is 2.38. The zero-order valence-electron chi connectivity index (χ0n) is 43.0. The summed E-state index contributed by atoms with van der Waals surface area (Å²) in [6.45, 7) is -3.82. The number of halogens is 16. The van der Waals surface area contributed by atoms with Gasteiger partial charge in [-0.05, 0) is 72.8 Å². The van der Waals surface area contributed by atoms with E-state index in [9.17, 15) is 90.9 Å². The van der Waals surface area contributed by atoms with Crippen molar-refractivity contribution in [1.29, 1.82) is 5.41 Å². The van der Waals surface area contributed by atoms with Gasteiger partial charge in [0.15, 0.2) is 29.7 Å². The number of nitrogens with one attached hydrogen (secondary N) is 4. The molecule has 9 rings (SSSR count). The Morgan fingerprint density at radius 3 is 1.57 bits per heavy atom. The van der Waals surface area contributed by atoms with Crippen molar-refractivity contribution in [3.8, 4) is 22.8 Å². The van der Waals surface area contributed by atoms with E-state index in [1.54, 1.807) is 0 Å². The number of amidine groups is 1. The van der Waals surface area contributed by atoms with Gasteiger partial charge >= 0.3 is 36.4 Å². The Balaban J connectivity index is 0.000000223. The number of rotatable bonds is 16. The predicted molar refractivity (Wildman–Crippen MR) is 272 cm³/mol. The lowest BCUT2D eigenvalue weighted by Crippen LogP contribution is -2.50. The number of para-hydroxylation sites is 2. The Bertz CT molecular complexity index is 3700. The fraction of sp³-hybridized carbons (Fsp3) is 0.320. The van der Waals surface area contributed by atoms with Crippen LogP contribution in [0.3, 0.4) is 0 Å². The number of hydrogen-bond donors (Lipinski definition) is 6. The molecule has 0 bridgehead atoms. The monoisotopic (exact) mass is 1270 g/mol. The fourth-order valence-corrected chi connectivity index (χ4v) is 8.24. The fourth-order valence-electron chi connectivity index (χ4n) is 7.98. The first-order valence-electron chi connectivity index (χ1n) is 24.6. The number of carbonyl (C=O) groups excluding carboxylic acids is 3. The number of alkyl halides is 14. The SMILES string of the molecule is N=C(c1ccc(Cl)cc1)N(C[C@H](O)C(F)(F)F)C(=O)NCc1ncn(-c2c(C(=O)N[C@@H]3C[C@H]3F)cccc2C(F)(F)F)n1.O=C(N[C@H]1C[C@@H]1F)c1cccc(C(F)(F)F)c1-n1cnc(Cn2nc(-c3ccc(Cl)cc3)n(C[C@H](O)C(F)(F)F)c2=O)n1. The van der Waals surface area contributed by atoms with E-state index in [0.29, 0.717) is 35.6 Å². The molecular weight excluding hydrogens is 1230 g/mol. The van der Waals surface area contributed by atoms with Crippen molar-refractivity contribution in [2.75, 3.05) is 6.54 Å². The third kappa shape index (κ3) is 15.1. The molecule has 6 atom stereocenters. The molecule has 0 unspecified atom stereocenters. The van der Waals surface area contributed by atoms with Crippen LogP contribution in [-0.4, -0.2) is 138 Å². The highest BCUT2D eigenvalue weighted by molar-refractivity contribution is 6.31.